The summed E-state index contributed by atoms with van der Waals surface area (Å²) in [6.07, 6.45) is 6.78. The van der Waals surface area contributed by atoms with Gasteiger partial charge in [-0.1, -0.05) is 12.8 Å². The van der Waals surface area contributed by atoms with Gasteiger partial charge in [-0.05, 0) is 12.8 Å². The van der Waals surface area contributed by atoms with Crippen LogP contribution >= 0.6 is 0 Å². The minimum Gasteiger partial charge on any atom is -0.369 e. The van der Waals surface area contributed by atoms with Gasteiger partial charge in [-0.25, -0.2) is 0 Å². The Hall–Kier alpha value is -3.54. The number of unbranched alkanes of at least 4 members (excludes halogenated alkanes) is 3. The van der Waals surface area contributed by atoms with E-state index in [-0.39, 0.29) is 23.8 Å². The van der Waals surface area contributed by atoms with Crippen molar-refractivity contribution < 1.29 is 0 Å². The molecule has 0 heterocycles. The van der Waals surface area contributed by atoms with Crippen LogP contribution in [0.15, 0.2) is 20.0 Å². The van der Waals surface area contributed by atoms with Gasteiger partial charge in [-0.3, -0.25) is 20.6 Å². The van der Waals surface area contributed by atoms with Crippen LogP contribution in [-0.2, 0) is 0 Å². The molecule has 0 unspecified atom stereocenters. The number of nitrogens with two attached hydrogens (primary N) is 4. The van der Waals surface area contributed by atoms with Crippen LogP contribution in [0.5, 0.6) is 0 Å². The zero-order chi connectivity index (χ0) is 18.2. The van der Waals surface area contributed by atoms with Crippen LogP contribution in [0.25, 0.3) is 0 Å². The highest BCUT2D eigenvalue weighted by molar-refractivity contribution is 5.94. The lowest BCUT2D eigenvalue weighted by Gasteiger charge is -1.99. The molecule has 0 aliphatic heterocycles. The summed E-state index contributed by atoms with van der Waals surface area (Å²) in [6, 6.07) is 0. The molecule has 0 radical (unpaired) electrons. The molecule has 0 aliphatic rings. The zero-order valence-electron chi connectivity index (χ0n) is 13.2. The second kappa shape index (κ2) is 13.1. The highest BCUT2D eigenvalue weighted by atomic mass is 15.2. The molecule has 0 aromatic rings. The van der Waals surface area contributed by atoms with E-state index in [4.69, 9.17) is 33.5 Å². The number of rotatable bonds is 7. The minimum absolute atomic E-state index is 0.0223. The van der Waals surface area contributed by atoms with Crippen LogP contribution in [0.2, 0.25) is 0 Å². The summed E-state index contributed by atoms with van der Waals surface area (Å²) < 4.78 is 0. The van der Waals surface area contributed by atoms with E-state index >= 15 is 0 Å². The van der Waals surface area contributed by atoms with E-state index in [1.807, 2.05) is 0 Å². The molecule has 0 aromatic heterocycles. The number of hydrogen-bond donors (Lipinski definition) is 6. The average molecular weight is 334 g/mol. The average Bonchev–Trinajstić information content (AvgIpc) is 2.50. The summed E-state index contributed by atoms with van der Waals surface area (Å²) in [7, 11) is 0. The van der Waals surface area contributed by atoms with Crippen LogP contribution in [0, 0.1) is 22.9 Å². The van der Waals surface area contributed by atoms with Gasteiger partial charge in [0.05, 0.1) is 0 Å². The van der Waals surface area contributed by atoms with Crippen molar-refractivity contribution in [1.82, 2.24) is 10.6 Å². The number of aliphatic imine (C=N–C) groups is 4. The molecule has 0 spiro atoms. The fourth-order valence-electron chi connectivity index (χ4n) is 1.45. The summed E-state index contributed by atoms with van der Waals surface area (Å²) in [5, 5.41) is 20.9. The van der Waals surface area contributed by atoms with E-state index in [1.165, 1.54) is 0 Å². The van der Waals surface area contributed by atoms with Gasteiger partial charge in [0, 0.05) is 13.1 Å². The van der Waals surface area contributed by atoms with Gasteiger partial charge in [-0.2, -0.15) is 20.5 Å². The van der Waals surface area contributed by atoms with E-state index in [0.29, 0.717) is 13.1 Å². The van der Waals surface area contributed by atoms with E-state index in [9.17, 15) is 0 Å². The highest BCUT2D eigenvalue weighted by Gasteiger charge is 1.94. The maximum Gasteiger partial charge on any atom is 0.218 e. The standard InChI is InChI=1S/C12H22N12/c13-7-21-11(17)23-9(15)19-5-3-1-2-4-6-20-10(16)24-12(18)22-8-14/h1-6H2,(H5,15,17,19,21,23)(H5,16,18,20,22,24). The summed E-state index contributed by atoms with van der Waals surface area (Å²) >= 11 is 0. The second-order valence-corrected chi connectivity index (χ2v) is 4.36. The monoisotopic (exact) mass is 334 g/mol. The van der Waals surface area contributed by atoms with Crippen LogP contribution in [0.1, 0.15) is 25.7 Å². The Morgan fingerprint density at radius 2 is 1.08 bits per heavy atom. The van der Waals surface area contributed by atoms with Crippen molar-refractivity contribution in [2.45, 2.75) is 25.7 Å². The van der Waals surface area contributed by atoms with Crippen molar-refractivity contribution in [1.29, 1.82) is 10.5 Å². The molecule has 10 N–H and O–H groups in total. The molecule has 0 amide bonds. The first-order valence-corrected chi connectivity index (χ1v) is 7.08. The fourth-order valence-corrected chi connectivity index (χ4v) is 1.45. The first kappa shape index (κ1) is 20.5. The van der Waals surface area contributed by atoms with E-state index in [0.717, 1.165) is 25.7 Å². The van der Waals surface area contributed by atoms with Gasteiger partial charge in [-0.15, -0.1) is 0 Å². The smallest absolute Gasteiger partial charge is 0.218 e. The van der Waals surface area contributed by atoms with Gasteiger partial charge in [0.2, 0.25) is 23.8 Å². The molecular formula is C12H22N12. The Morgan fingerprint density at radius 1 is 0.708 bits per heavy atom. The molecule has 0 atom stereocenters. The van der Waals surface area contributed by atoms with E-state index in [2.05, 4.69) is 30.6 Å². The topological polar surface area (TPSA) is 225 Å². The number of guanidine groups is 4. The largest absolute Gasteiger partial charge is 0.369 e. The lowest BCUT2D eigenvalue weighted by Crippen LogP contribution is -2.30. The maximum absolute atomic E-state index is 8.32. The quantitative estimate of drug-likeness (QED) is 0.0995. The molecule has 0 saturated carbocycles. The van der Waals surface area contributed by atoms with Gasteiger partial charge in [0.1, 0.15) is 0 Å². The van der Waals surface area contributed by atoms with Crippen molar-refractivity contribution in [3.8, 4) is 12.4 Å². The number of hydrogen-bond acceptors (Lipinski definition) is 4. The molecule has 12 heteroatoms. The van der Waals surface area contributed by atoms with Crippen LogP contribution < -0.4 is 33.6 Å². The van der Waals surface area contributed by atoms with Crippen molar-refractivity contribution >= 4 is 23.8 Å². The maximum atomic E-state index is 8.32. The Bertz CT molecular complexity index is 522. The van der Waals surface area contributed by atoms with Crippen molar-refractivity contribution in [2.75, 3.05) is 13.1 Å². The first-order chi connectivity index (χ1) is 11.5. The third-order valence-electron chi connectivity index (χ3n) is 2.45. The number of nitrogens with zero attached hydrogens (tertiary/aromatic N) is 6. The molecule has 130 valence electrons. The first-order valence-electron chi connectivity index (χ1n) is 7.08. The third-order valence-corrected chi connectivity index (χ3v) is 2.45. The predicted octanol–water partition coefficient (Wildman–Crippen LogP) is -2.05. The van der Waals surface area contributed by atoms with Crippen molar-refractivity contribution in [3.05, 3.63) is 0 Å². The Balaban J connectivity index is 3.85. The Labute approximate surface area is 140 Å². The fraction of sp³-hybridized carbons (Fsp3) is 0.500. The van der Waals surface area contributed by atoms with E-state index in [1.54, 1.807) is 12.4 Å². The third kappa shape index (κ3) is 12.2. The van der Waals surface area contributed by atoms with Gasteiger partial charge >= 0.3 is 0 Å². The zero-order valence-corrected chi connectivity index (χ0v) is 13.2. The summed E-state index contributed by atoms with van der Waals surface area (Å²) in [6.45, 7) is 1.03. The van der Waals surface area contributed by atoms with E-state index < -0.39 is 0 Å². The minimum atomic E-state index is -0.0949. The Morgan fingerprint density at radius 3 is 1.42 bits per heavy atom. The normalized spacial score (nSPS) is 13.1. The van der Waals surface area contributed by atoms with Crippen molar-refractivity contribution in [2.24, 2.45) is 42.9 Å². The predicted molar refractivity (Wildman–Crippen MR) is 92.2 cm³/mol. The second-order valence-electron chi connectivity index (χ2n) is 4.36. The molecule has 0 aliphatic carbocycles. The number of nitriles is 2. The molecular weight excluding hydrogens is 312 g/mol. The number of nitrogens with one attached hydrogen (secondary N) is 2. The van der Waals surface area contributed by atoms with Crippen molar-refractivity contribution in [3.63, 3.8) is 0 Å². The summed E-state index contributed by atoms with van der Waals surface area (Å²) in [5.74, 6) is -0.145. The molecule has 0 saturated heterocycles. The van der Waals surface area contributed by atoms with Gasteiger partial charge < -0.3 is 22.9 Å². The highest BCUT2D eigenvalue weighted by Crippen LogP contribution is 2.00. The van der Waals surface area contributed by atoms with Crippen LogP contribution in [-0.4, -0.2) is 36.9 Å². The molecule has 0 bridgehead atoms. The van der Waals surface area contributed by atoms with Gasteiger partial charge in [0.15, 0.2) is 12.4 Å². The van der Waals surface area contributed by atoms with Gasteiger partial charge in [0.25, 0.3) is 0 Å². The molecule has 12 nitrogen and oxygen atoms in total. The summed E-state index contributed by atoms with van der Waals surface area (Å²) in [5.41, 5.74) is 21.7. The molecule has 0 aromatic carbocycles. The Kier molecular flexibility index (Phi) is 11.2. The summed E-state index contributed by atoms with van der Waals surface area (Å²) in [4.78, 5) is 15.4. The lowest BCUT2D eigenvalue weighted by molar-refractivity contribution is 0.653. The lowest BCUT2D eigenvalue weighted by atomic mass is 10.2. The van der Waals surface area contributed by atoms with Crippen LogP contribution in [0.3, 0.4) is 0 Å². The molecule has 0 rings (SSSR count). The van der Waals surface area contributed by atoms with Crippen LogP contribution in [0.4, 0.5) is 0 Å². The molecule has 24 heavy (non-hydrogen) atoms. The molecule has 0 fully saturated rings. The SMILES string of the molecule is N#CNC(N)=NC(N)=NCCCCCCN=C(N)N=C(N)NC#N.